The van der Waals surface area contributed by atoms with Crippen molar-refractivity contribution < 1.29 is 14.6 Å². The number of fused-ring (bicyclic) bond motifs is 1. The molecule has 1 aliphatic heterocycles. The minimum Gasteiger partial charge on any atom is -0.476 e. The van der Waals surface area contributed by atoms with Gasteiger partial charge in [0.1, 0.15) is 0 Å². The summed E-state index contributed by atoms with van der Waals surface area (Å²) in [7, 11) is 0. The first-order chi connectivity index (χ1) is 13.3. The van der Waals surface area contributed by atoms with Gasteiger partial charge in [-0.15, -0.1) is 0 Å². The maximum atomic E-state index is 11.2. The summed E-state index contributed by atoms with van der Waals surface area (Å²) in [4.78, 5) is 18.3. The summed E-state index contributed by atoms with van der Waals surface area (Å²) in [6.45, 7) is 7.98. The van der Waals surface area contributed by atoms with E-state index < -0.39 is 5.97 Å². The average Bonchev–Trinajstić information content (AvgIpc) is 3.18. The highest BCUT2D eigenvalue weighted by Gasteiger charge is 2.25. The van der Waals surface area contributed by atoms with Crippen LogP contribution in [0.5, 0.6) is 0 Å². The Bertz CT molecular complexity index is 1040. The van der Waals surface area contributed by atoms with Crippen LogP contribution in [0, 0.1) is 6.92 Å². The molecule has 1 saturated heterocycles. The topological polar surface area (TPSA) is 80.5 Å². The molecule has 28 heavy (non-hydrogen) atoms. The minimum absolute atomic E-state index is 0.0334. The highest BCUT2D eigenvalue weighted by Crippen LogP contribution is 2.34. The lowest BCUT2D eigenvalue weighted by atomic mass is 10.2. The van der Waals surface area contributed by atoms with Crippen LogP contribution in [0.2, 0.25) is 5.02 Å². The molecule has 148 valence electrons. The average molecular weight is 421 g/mol. The first-order valence-corrected chi connectivity index (χ1v) is 10.3. The molecule has 0 aliphatic carbocycles. The number of anilines is 1. The van der Waals surface area contributed by atoms with Gasteiger partial charge in [-0.3, -0.25) is 4.68 Å². The molecule has 1 aromatic carbocycles. The van der Waals surface area contributed by atoms with Crippen molar-refractivity contribution in [2.75, 3.05) is 18.0 Å². The molecule has 0 radical (unpaired) electrons. The van der Waals surface area contributed by atoms with Crippen LogP contribution >= 0.6 is 22.9 Å². The molecule has 1 N–H and O–H groups in total. The zero-order valence-electron chi connectivity index (χ0n) is 15.8. The second kappa shape index (κ2) is 7.35. The van der Waals surface area contributed by atoms with Crippen LogP contribution < -0.4 is 4.90 Å². The monoisotopic (exact) mass is 420 g/mol. The number of carboxylic acids is 1. The smallest absolute Gasteiger partial charge is 0.356 e. The summed E-state index contributed by atoms with van der Waals surface area (Å²) < 4.78 is 8.50. The maximum absolute atomic E-state index is 11.2. The van der Waals surface area contributed by atoms with E-state index in [4.69, 9.17) is 21.3 Å². The van der Waals surface area contributed by atoms with Gasteiger partial charge in [0.25, 0.3) is 0 Å². The molecule has 3 aromatic rings. The molecule has 1 fully saturated rings. The second-order valence-electron chi connectivity index (χ2n) is 7.20. The van der Waals surface area contributed by atoms with Crippen LogP contribution in [0.15, 0.2) is 18.2 Å². The van der Waals surface area contributed by atoms with Gasteiger partial charge >= 0.3 is 5.97 Å². The predicted octanol–water partition coefficient (Wildman–Crippen LogP) is 3.81. The van der Waals surface area contributed by atoms with E-state index >= 15 is 0 Å². The molecule has 0 saturated carbocycles. The quantitative estimate of drug-likeness (QED) is 0.691. The van der Waals surface area contributed by atoms with E-state index in [0.29, 0.717) is 11.6 Å². The Morgan fingerprint density at radius 2 is 2.04 bits per heavy atom. The molecular weight excluding hydrogens is 400 g/mol. The van der Waals surface area contributed by atoms with Crippen molar-refractivity contribution in [2.24, 2.45) is 0 Å². The Morgan fingerprint density at radius 1 is 1.32 bits per heavy atom. The number of halogens is 1. The van der Waals surface area contributed by atoms with Gasteiger partial charge in [-0.25, -0.2) is 9.78 Å². The fourth-order valence-corrected chi connectivity index (χ4v) is 4.95. The summed E-state index contributed by atoms with van der Waals surface area (Å²) in [5, 5.41) is 14.9. The number of hydrogen-bond acceptors (Lipinski definition) is 6. The number of rotatable bonds is 4. The molecule has 0 spiro atoms. The Hall–Kier alpha value is -2.16. The van der Waals surface area contributed by atoms with E-state index in [-0.39, 0.29) is 17.9 Å². The van der Waals surface area contributed by atoms with Crippen molar-refractivity contribution >= 4 is 44.3 Å². The molecule has 1 aliphatic rings. The highest BCUT2D eigenvalue weighted by atomic mass is 35.5. The number of aryl methyl sites for hydroxylation is 1. The number of carbonyl (C=O) groups is 1. The van der Waals surface area contributed by atoms with Crippen molar-refractivity contribution in [1.29, 1.82) is 0 Å². The first-order valence-electron chi connectivity index (χ1n) is 9.07. The number of benzene rings is 1. The molecule has 2 atom stereocenters. The number of hydrogen-bond donors (Lipinski definition) is 1. The molecule has 0 unspecified atom stereocenters. The number of ether oxygens (including phenoxy) is 1. The van der Waals surface area contributed by atoms with Crippen LogP contribution in [0.3, 0.4) is 0 Å². The lowest BCUT2D eigenvalue weighted by Crippen LogP contribution is -2.45. The van der Waals surface area contributed by atoms with Gasteiger partial charge in [-0.2, -0.15) is 5.10 Å². The van der Waals surface area contributed by atoms with E-state index in [2.05, 4.69) is 23.8 Å². The number of morpholine rings is 1. The Labute approximate surface area is 171 Å². The maximum Gasteiger partial charge on any atom is 0.356 e. The number of aromatic carboxylic acids is 1. The lowest BCUT2D eigenvalue weighted by molar-refractivity contribution is -0.00522. The van der Waals surface area contributed by atoms with Crippen LogP contribution in [0.4, 0.5) is 5.13 Å². The van der Waals surface area contributed by atoms with Crippen LogP contribution in [0.1, 0.15) is 35.6 Å². The molecule has 7 nitrogen and oxygen atoms in total. The third kappa shape index (κ3) is 3.72. The summed E-state index contributed by atoms with van der Waals surface area (Å²) in [5.74, 6) is -1.04. The Balaban J connectivity index is 1.71. The number of aromatic nitrogens is 3. The van der Waals surface area contributed by atoms with Crippen molar-refractivity contribution in [3.8, 4) is 0 Å². The van der Waals surface area contributed by atoms with Crippen molar-refractivity contribution in [3.63, 3.8) is 0 Å². The standard InChI is InChI=1S/C19H21ClN4O3S/c1-10-4-15(18(25)26)22-24(10)9-13-5-14(20)6-16-17(13)21-19(28-16)23-7-11(2)27-12(3)8-23/h4-6,11-12H,7-9H2,1-3H3,(H,25,26)/t11-,12+. The van der Waals surface area contributed by atoms with Crippen LogP contribution in [-0.4, -0.2) is 51.1 Å². The van der Waals surface area contributed by atoms with E-state index in [1.165, 1.54) is 0 Å². The van der Waals surface area contributed by atoms with Crippen LogP contribution in [-0.2, 0) is 11.3 Å². The molecule has 2 aromatic heterocycles. The third-order valence-corrected chi connectivity index (χ3v) is 6.02. The summed E-state index contributed by atoms with van der Waals surface area (Å²) in [6, 6.07) is 5.36. The molecule has 0 amide bonds. The summed E-state index contributed by atoms with van der Waals surface area (Å²) in [6.07, 6.45) is 0.306. The van der Waals surface area contributed by atoms with Gasteiger partial charge in [0, 0.05) is 29.4 Å². The summed E-state index contributed by atoms with van der Waals surface area (Å²) in [5.41, 5.74) is 2.60. The Morgan fingerprint density at radius 3 is 2.68 bits per heavy atom. The molecule has 3 heterocycles. The van der Waals surface area contributed by atoms with Gasteiger partial charge in [-0.1, -0.05) is 22.9 Å². The van der Waals surface area contributed by atoms with Gasteiger partial charge in [0.15, 0.2) is 10.8 Å². The zero-order chi connectivity index (χ0) is 20.0. The Kier molecular flexibility index (Phi) is 5.03. The van der Waals surface area contributed by atoms with E-state index in [1.54, 1.807) is 22.1 Å². The van der Waals surface area contributed by atoms with Gasteiger partial charge in [-0.05, 0) is 39.0 Å². The highest BCUT2D eigenvalue weighted by molar-refractivity contribution is 7.22. The third-order valence-electron chi connectivity index (χ3n) is 4.74. The minimum atomic E-state index is -1.04. The van der Waals surface area contributed by atoms with E-state index in [9.17, 15) is 9.90 Å². The van der Waals surface area contributed by atoms with Gasteiger partial charge in [0.2, 0.25) is 0 Å². The van der Waals surface area contributed by atoms with Crippen molar-refractivity contribution in [2.45, 2.75) is 39.5 Å². The van der Waals surface area contributed by atoms with E-state index in [0.717, 1.165) is 39.7 Å². The lowest BCUT2D eigenvalue weighted by Gasteiger charge is -2.35. The predicted molar refractivity (Wildman–Crippen MR) is 110 cm³/mol. The molecule has 4 rings (SSSR count). The largest absolute Gasteiger partial charge is 0.476 e. The van der Waals surface area contributed by atoms with E-state index in [1.807, 2.05) is 19.1 Å². The fraction of sp³-hybridized carbons (Fsp3) is 0.421. The molecule has 9 heteroatoms. The molecular formula is C19H21ClN4O3S. The SMILES string of the molecule is Cc1cc(C(=O)O)nn1Cc1cc(Cl)cc2sc(N3C[C@@H](C)O[C@@H](C)C3)nc12. The first kappa shape index (κ1) is 19.2. The number of nitrogens with zero attached hydrogens (tertiary/aromatic N) is 4. The summed E-state index contributed by atoms with van der Waals surface area (Å²) >= 11 is 7.96. The normalized spacial score (nSPS) is 20.1. The second-order valence-corrected chi connectivity index (χ2v) is 8.65. The number of carboxylic acid groups (broad SMARTS) is 1. The molecule has 0 bridgehead atoms. The number of thiazole rings is 1. The van der Waals surface area contributed by atoms with Crippen LogP contribution in [0.25, 0.3) is 10.2 Å². The zero-order valence-corrected chi connectivity index (χ0v) is 17.4. The van der Waals surface area contributed by atoms with Gasteiger partial charge < -0.3 is 14.7 Å². The fourth-order valence-electron chi connectivity index (χ4n) is 3.58. The van der Waals surface area contributed by atoms with Crippen molar-refractivity contribution in [1.82, 2.24) is 14.8 Å². The van der Waals surface area contributed by atoms with Gasteiger partial charge in [0.05, 0.1) is 29.0 Å². The van der Waals surface area contributed by atoms with Crippen molar-refractivity contribution in [3.05, 3.63) is 40.2 Å².